The number of hydrogen-bond acceptors (Lipinski definition) is 4. The van der Waals surface area contributed by atoms with Gasteiger partial charge in [-0.25, -0.2) is 0 Å². The molecule has 0 radical (unpaired) electrons. The smallest absolute Gasteiger partial charge is 0.116 e. The molecule has 4 heteroatoms. The molecule has 3 aliphatic heterocycles. The number of hydrogen-bond donors (Lipinski definition) is 2. The van der Waals surface area contributed by atoms with Crippen molar-refractivity contribution in [3.63, 3.8) is 0 Å². The average molecular weight is 312 g/mol. The predicted octanol–water partition coefficient (Wildman–Crippen LogP) is 3.09. The molecule has 2 bridgehead atoms. The molecular formula is C19H24N2O2. The van der Waals surface area contributed by atoms with Crippen molar-refractivity contribution in [1.82, 2.24) is 9.88 Å². The van der Waals surface area contributed by atoms with Crippen molar-refractivity contribution in [1.29, 1.82) is 0 Å². The molecular weight excluding hydrogens is 288 g/mol. The van der Waals surface area contributed by atoms with Gasteiger partial charge < -0.3 is 10.2 Å². The predicted molar refractivity (Wildman–Crippen MR) is 90.2 cm³/mol. The molecule has 5 rings (SSSR count). The second-order valence-corrected chi connectivity index (χ2v) is 7.06. The minimum atomic E-state index is -0.525. The third kappa shape index (κ3) is 2.50. The number of fused-ring (bicyclic) bond motifs is 4. The minimum Gasteiger partial charge on any atom is -0.508 e. The van der Waals surface area contributed by atoms with E-state index >= 15 is 0 Å². The van der Waals surface area contributed by atoms with Crippen LogP contribution < -0.4 is 0 Å². The van der Waals surface area contributed by atoms with Crippen molar-refractivity contribution in [3.8, 4) is 5.75 Å². The lowest BCUT2D eigenvalue weighted by atomic mass is 9.72. The molecule has 0 saturated carbocycles. The first-order valence-corrected chi connectivity index (χ1v) is 8.67. The Bertz CT molecular complexity index is 718. The van der Waals surface area contributed by atoms with Gasteiger partial charge in [-0.1, -0.05) is 13.3 Å². The molecule has 4 heterocycles. The third-order valence-electron chi connectivity index (χ3n) is 5.90. The average Bonchev–Trinajstić information content (AvgIpc) is 2.60. The standard InChI is InChI=1S/C19H24N2O2/c1-2-12-11-21-8-6-13(12)9-18(21)19(23)15-5-7-20-17-4-3-14(22)10-16(15)17/h3-5,7,10,12-13,18-19,22-23H,2,6,8-9,11H2,1H3/t12-,13+,18+,19-/m1/s1. The Kier molecular flexibility index (Phi) is 3.74. The first-order valence-electron chi connectivity index (χ1n) is 8.67. The topological polar surface area (TPSA) is 56.6 Å². The highest BCUT2D eigenvalue weighted by Crippen LogP contribution is 2.42. The molecule has 1 aromatic carbocycles. The largest absolute Gasteiger partial charge is 0.508 e. The quantitative estimate of drug-likeness (QED) is 0.914. The zero-order valence-electron chi connectivity index (χ0n) is 13.5. The first kappa shape index (κ1) is 14.9. The van der Waals surface area contributed by atoms with E-state index in [0.29, 0.717) is 0 Å². The molecule has 5 atom stereocenters. The summed E-state index contributed by atoms with van der Waals surface area (Å²) in [5, 5.41) is 21.7. The van der Waals surface area contributed by atoms with E-state index < -0.39 is 6.10 Å². The highest BCUT2D eigenvalue weighted by atomic mass is 16.3. The summed E-state index contributed by atoms with van der Waals surface area (Å²) < 4.78 is 0. The molecule has 0 spiro atoms. The Labute approximate surface area is 136 Å². The zero-order valence-corrected chi connectivity index (χ0v) is 13.5. The molecule has 1 unspecified atom stereocenters. The summed E-state index contributed by atoms with van der Waals surface area (Å²) in [7, 11) is 0. The van der Waals surface area contributed by atoms with Gasteiger partial charge in [0.05, 0.1) is 11.6 Å². The van der Waals surface area contributed by atoms with Crippen molar-refractivity contribution < 1.29 is 10.2 Å². The molecule has 3 saturated heterocycles. The Morgan fingerprint density at radius 1 is 1.35 bits per heavy atom. The van der Waals surface area contributed by atoms with E-state index in [2.05, 4.69) is 16.8 Å². The number of aromatic nitrogens is 1. The Morgan fingerprint density at radius 2 is 2.22 bits per heavy atom. The first-order chi connectivity index (χ1) is 11.2. The minimum absolute atomic E-state index is 0.185. The zero-order chi connectivity index (χ0) is 16.0. The summed E-state index contributed by atoms with van der Waals surface area (Å²) in [6.07, 6.45) is 4.80. The van der Waals surface area contributed by atoms with Crippen LogP contribution in [0.1, 0.15) is 37.9 Å². The van der Waals surface area contributed by atoms with E-state index in [4.69, 9.17) is 0 Å². The number of phenols is 1. The number of aliphatic hydroxyl groups excluding tert-OH is 1. The summed E-state index contributed by atoms with van der Waals surface area (Å²) >= 11 is 0. The number of phenolic OH excluding ortho intramolecular Hbond substituents is 1. The van der Waals surface area contributed by atoms with Crippen LogP contribution in [-0.2, 0) is 0 Å². The summed E-state index contributed by atoms with van der Waals surface area (Å²) in [4.78, 5) is 6.81. The summed E-state index contributed by atoms with van der Waals surface area (Å²) in [5.74, 6) is 1.74. The lowest BCUT2D eigenvalue weighted by Gasteiger charge is -2.51. The second-order valence-electron chi connectivity index (χ2n) is 7.06. The van der Waals surface area contributed by atoms with Crippen LogP contribution in [0, 0.1) is 11.8 Å². The molecule has 122 valence electrons. The summed E-state index contributed by atoms with van der Waals surface area (Å²) in [5.41, 5.74) is 1.71. The molecule has 4 nitrogen and oxygen atoms in total. The van der Waals surface area contributed by atoms with Crippen molar-refractivity contribution in [2.75, 3.05) is 13.1 Å². The van der Waals surface area contributed by atoms with Gasteiger partial charge in [-0.3, -0.25) is 9.88 Å². The van der Waals surface area contributed by atoms with Crippen LogP contribution in [0.3, 0.4) is 0 Å². The maximum absolute atomic E-state index is 11.1. The molecule has 1 aromatic heterocycles. The van der Waals surface area contributed by atoms with Crippen molar-refractivity contribution >= 4 is 10.9 Å². The van der Waals surface area contributed by atoms with Crippen molar-refractivity contribution in [2.24, 2.45) is 11.8 Å². The van der Waals surface area contributed by atoms with Gasteiger partial charge in [0.1, 0.15) is 5.75 Å². The van der Waals surface area contributed by atoms with Crippen LogP contribution in [0.15, 0.2) is 30.5 Å². The van der Waals surface area contributed by atoms with Gasteiger partial charge in [-0.2, -0.15) is 0 Å². The normalized spacial score (nSPS) is 31.4. The maximum Gasteiger partial charge on any atom is 0.116 e. The van der Waals surface area contributed by atoms with Crippen molar-refractivity contribution in [2.45, 2.75) is 38.3 Å². The van der Waals surface area contributed by atoms with Gasteiger partial charge in [0.2, 0.25) is 0 Å². The van der Waals surface area contributed by atoms with Gasteiger partial charge in [0, 0.05) is 24.2 Å². The molecule has 0 aliphatic carbocycles. The molecule has 23 heavy (non-hydrogen) atoms. The Balaban J connectivity index is 1.68. The highest BCUT2D eigenvalue weighted by molar-refractivity contribution is 5.83. The number of rotatable bonds is 3. The van der Waals surface area contributed by atoms with Gasteiger partial charge in [-0.15, -0.1) is 0 Å². The van der Waals surface area contributed by atoms with Crippen molar-refractivity contribution in [3.05, 3.63) is 36.0 Å². The number of nitrogens with zero attached hydrogens (tertiary/aromatic N) is 2. The maximum atomic E-state index is 11.1. The fourth-order valence-corrected chi connectivity index (χ4v) is 4.59. The number of pyridine rings is 1. The fourth-order valence-electron chi connectivity index (χ4n) is 4.59. The fraction of sp³-hybridized carbons (Fsp3) is 0.526. The monoisotopic (exact) mass is 312 g/mol. The molecule has 2 N–H and O–H groups in total. The van der Waals surface area contributed by atoms with Gasteiger partial charge in [-0.05, 0) is 61.1 Å². The van der Waals surface area contributed by atoms with Gasteiger partial charge in [0.15, 0.2) is 0 Å². The number of piperidine rings is 3. The van der Waals surface area contributed by atoms with E-state index in [-0.39, 0.29) is 11.8 Å². The lowest BCUT2D eigenvalue weighted by molar-refractivity contribution is -0.0562. The van der Waals surface area contributed by atoms with Crippen LogP contribution in [0.2, 0.25) is 0 Å². The molecule has 3 fully saturated rings. The van der Waals surface area contributed by atoms with Crippen LogP contribution in [0.4, 0.5) is 0 Å². The van der Waals surface area contributed by atoms with Crippen LogP contribution in [-0.4, -0.2) is 39.2 Å². The van der Waals surface area contributed by atoms with Crippen LogP contribution in [0.5, 0.6) is 5.75 Å². The van der Waals surface area contributed by atoms with Crippen LogP contribution in [0.25, 0.3) is 10.9 Å². The second kappa shape index (κ2) is 5.77. The Hall–Kier alpha value is -1.65. The molecule has 0 amide bonds. The molecule has 2 aromatic rings. The number of aromatic hydroxyl groups is 1. The third-order valence-corrected chi connectivity index (χ3v) is 5.90. The SMILES string of the molecule is CC[C@@H]1CN2CC[C@H]1C[C@H]2[C@H](O)c1ccnc2ccc(O)cc12. The van der Waals surface area contributed by atoms with Gasteiger partial charge in [0.25, 0.3) is 0 Å². The number of aliphatic hydroxyl groups is 1. The number of benzene rings is 1. The van der Waals surface area contributed by atoms with Crippen LogP contribution >= 0.6 is 0 Å². The van der Waals surface area contributed by atoms with E-state index in [1.165, 1.54) is 12.8 Å². The van der Waals surface area contributed by atoms with E-state index in [1.807, 2.05) is 6.07 Å². The molecule has 3 aliphatic rings. The van der Waals surface area contributed by atoms with E-state index in [9.17, 15) is 10.2 Å². The van der Waals surface area contributed by atoms with E-state index in [1.54, 1.807) is 24.4 Å². The summed E-state index contributed by atoms with van der Waals surface area (Å²) in [6.45, 7) is 4.48. The van der Waals surface area contributed by atoms with E-state index in [0.717, 1.165) is 47.8 Å². The Morgan fingerprint density at radius 3 is 2.96 bits per heavy atom. The highest BCUT2D eigenvalue weighted by Gasteiger charge is 2.42. The van der Waals surface area contributed by atoms with Gasteiger partial charge >= 0.3 is 0 Å². The lowest BCUT2D eigenvalue weighted by Crippen LogP contribution is -2.55. The summed E-state index contributed by atoms with van der Waals surface area (Å²) in [6, 6.07) is 7.24.